The van der Waals surface area contributed by atoms with Crippen LogP contribution in [-0.2, 0) is 9.59 Å². The number of nitrogens with zero attached hydrogens (tertiary/aromatic N) is 3. The Balaban J connectivity index is 1.50. The summed E-state index contributed by atoms with van der Waals surface area (Å²) in [6.07, 6.45) is 0.109. The third-order valence-electron chi connectivity index (χ3n) is 4.89. The van der Waals surface area contributed by atoms with Gasteiger partial charge in [-0.05, 0) is 42.8 Å². The van der Waals surface area contributed by atoms with Gasteiger partial charge in [0.1, 0.15) is 5.82 Å². The molecule has 0 unspecified atom stereocenters. The summed E-state index contributed by atoms with van der Waals surface area (Å²) in [5.74, 6) is -0.363. The normalized spacial score (nSPS) is 16.3. The Morgan fingerprint density at radius 3 is 2.79 bits per heavy atom. The number of anilines is 2. The topological polar surface area (TPSA) is 88.3 Å². The molecule has 2 heterocycles. The van der Waals surface area contributed by atoms with Gasteiger partial charge in [-0.3, -0.25) is 9.59 Å². The molecule has 0 spiro atoms. The van der Waals surface area contributed by atoms with E-state index < -0.39 is 5.92 Å². The van der Waals surface area contributed by atoms with E-state index in [2.05, 4.69) is 15.5 Å². The Morgan fingerprint density at radius 1 is 1.24 bits per heavy atom. The van der Waals surface area contributed by atoms with Crippen LogP contribution < -0.4 is 10.2 Å². The third kappa shape index (κ3) is 3.87. The minimum Gasteiger partial charge on any atom is -0.339 e. The lowest BCUT2D eigenvalue weighted by Gasteiger charge is -2.17. The first kappa shape index (κ1) is 18.8. The molecule has 7 nitrogen and oxygen atoms in total. The van der Waals surface area contributed by atoms with Crippen molar-refractivity contribution in [1.29, 1.82) is 0 Å². The van der Waals surface area contributed by atoms with E-state index in [0.717, 1.165) is 5.56 Å². The Labute approximate surface area is 166 Å². The fourth-order valence-electron chi connectivity index (χ4n) is 3.36. The predicted molar refractivity (Wildman–Crippen MR) is 105 cm³/mol. The maximum Gasteiger partial charge on any atom is 0.229 e. The summed E-state index contributed by atoms with van der Waals surface area (Å²) in [5, 5.41) is 6.69. The molecule has 2 aromatic carbocycles. The first-order chi connectivity index (χ1) is 13.9. The Kier molecular flexibility index (Phi) is 4.84. The van der Waals surface area contributed by atoms with Crippen LogP contribution in [-0.4, -0.2) is 28.5 Å². The molecule has 0 saturated carbocycles. The summed E-state index contributed by atoms with van der Waals surface area (Å²) in [6, 6.07) is 11.4. The molecule has 148 valence electrons. The van der Waals surface area contributed by atoms with E-state index in [9.17, 15) is 14.0 Å². The Bertz CT molecular complexity index is 1100. The van der Waals surface area contributed by atoms with Gasteiger partial charge in [0.2, 0.25) is 23.5 Å². The van der Waals surface area contributed by atoms with Gasteiger partial charge < -0.3 is 14.7 Å². The van der Waals surface area contributed by atoms with Gasteiger partial charge in [-0.25, -0.2) is 4.39 Å². The molecule has 0 aliphatic carbocycles. The van der Waals surface area contributed by atoms with Crippen LogP contribution in [0.2, 0.25) is 0 Å². The lowest BCUT2D eigenvalue weighted by atomic mass is 10.1. The predicted octanol–water partition coefficient (Wildman–Crippen LogP) is 3.48. The molecule has 8 heteroatoms. The fraction of sp³-hybridized carbons (Fsp3) is 0.238. The average Bonchev–Trinajstić information content (AvgIpc) is 3.30. The third-order valence-corrected chi connectivity index (χ3v) is 4.89. The van der Waals surface area contributed by atoms with E-state index >= 15 is 0 Å². The number of carbonyl (C=O) groups is 2. The van der Waals surface area contributed by atoms with Crippen LogP contribution in [0.15, 0.2) is 47.0 Å². The van der Waals surface area contributed by atoms with Crippen molar-refractivity contribution in [3.8, 4) is 11.4 Å². The molecule has 29 heavy (non-hydrogen) atoms. The number of rotatable bonds is 4. The van der Waals surface area contributed by atoms with E-state index in [1.165, 1.54) is 18.2 Å². The van der Waals surface area contributed by atoms with Crippen LogP contribution in [0.5, 0.6) is 0 Å². The SMILES string of the molecule is Cc1nc(-c2cccc(N3C[C@H](C(=O)Nc4ccc(F)cc4C)CC3=O)c2)no1. The molecular weight excluding hydrogens is 375 g/mol. The molecule has 1 saturated heterocycles. The molecule has 1 aliphatic rings. The Morgan fingerprint density at radius 2 is 2.07 bits per heavy atom. The van der Waals surface area contributed by atoms with Crippen LogP contribution >= 0.6 is 0 Å². The van der Waals surface area contributed by atoms with Gasteiger partial charge in [-0.1, -0.05) is 17.3 Å². The maximum absolute atomic E-state index is 13.3. The van der Waals surface area contributed by atoms with E-state index in [0.29, 0.717) is 28.7 Å². The van der Waals surface area contributed by atoms with Crippen molar-refractivity contribution in [3.63, 3.8) is 0 Å². The van der Waals surface area contributed by atoms with Gasteiger partial charge in [-0.2, -0.15) is 4.98 Å². The fourth-order valence-corrected chi connectivity index (χ4v) is 3.36. The van der Waals surface area contributed by atoms with E-state index in [-0.39, 0.29) is 30.6 Å². The summed E-state index contributed by atoms with van der Waals surface area (Å²) in [7, 11) is 0. The number of aryl methyl sites for hydroxylation is 2. The van der Waals surface area contributed by atoms with Gasteiger partial charge >= 0.3 is 0 Å². The first-order valence-corrected chi connectivity index (χ1v) is 9.19. The minimum absolute atomic E-state index is 0.109. The maximum atomic E-state index is 13.3. The molecular formula is C21H19FN4O3. The lowest BCUT2D eigenvalue weighted by molar-refractivity contribution is -0.122. The summed E-state index contributed by atoms with van der Waals surface area (Å²) < 4.78 is 18.3. The molecule has 4 rings (SSSR count). The number of hydrogen-bond donors (Lipinski definition) is 1. The zero-order chi connectivity index (χ0) is 20.5. The standard InChI is InChI=1S/C21H19FN4O3/c1-12-8-16(22)6-7-18(12)24-21(28)15-10-19(27)26(11-15)17-5-3-4-14(9-17)20-23-13(2)29-25-20/h3-9,15H,10-11H2,1-2H3,(H,24,28)/t15-/m1/s1. The van der Waals surface area contributed by atoms with E-state index in [1.807, 2.05) is 6.07 Å². The molecule has 1 aromatic heterocycles. The van der Waals surface area contributed by atoms with Crippen molar-refractivity contribution in [3.05, 3.63) is 59.7 Å². The van der Waals surface area contributed by atoms with Crippen molar-refractivity contribution in [1.82, 2.24) is 10.1 Å². The van der Waals surface area contributed by atoms with Crippen molar-refractivity contribution in [2.45, 2.75) is 20.3 Å². The molecule has 0 bridgehead atoms. The number of amides is 2. The number of halogens is 1. The molecule has 1 N–H and O–H groups in total. The second-order valence-electron chi connectivity index (χ2n) is 7.04. The van der Waals surface area contributed by atoms with Crippen LogP contribution in [0, 0.1) is 25.6 Å². The van der Waals surface area contributed by atoms with Crippen molar-refractivity contribution in [2.75, 3.05) is 16.8 Å². The zero-order valence-electron chi connectivity index (χ0n) is 16.0. The first-order valence-electron chi connectivity index (χ1n) is 9.19. The summed E-state index contributed by atoms with van der Waals surface area (Å²) >= 11 is 0. The molecule has 1 aliphatic heterocycles. The van der Waals surface area contributed by atoms with Gasteiger partial charge in [0, 0.05) is 36.8 Å². The molecule has 1 atom stereocenters. The van der Waals surface area contributed by atoms with Gasteiger partial charge in [-0.15, -0.1) is 0 Å². The van der Waals surface area contributed by atoms with Crippen molar-refractivity contribution in [2.24, 2.45) is 5.92 Å². The number of aromatic nitrogens is 2. The molecule has 3 aromatic rings. The van der Waals surface area contributed by atoms with Gasteiger partial charge in [0.05, 0.1) is 5.92 Å². The zero-order valence-corrected chi connectivity index (χ0v) is 16.0. The summed E-state index contributed by atoms with van der Waals surface area (Å²) in [5.41, 5.74) is 2.56. The number of carbonyl (C=O) groups excluding carboxylic acids is 2. The number of benzene rings is 2. The van der Waals surface area contributed by atoms with Crippen molar-refractivity contribution < 1.29 is 18.5 Å². The monoisotopic (exact) mass is 394 g/mol. The van der Waals surface area contributed by atoms with E-state index in [4.69, 9.17) is 4.52 Å². The lowest BCUT2D eigenvalue weighted by Crippen LogP contribution is -2.28. The summed E-state index contributed by atoms with van der Waals surface area (Å²) in [6.45, 7) is 3.69. The Hall–Kier alpha value is -3.55. The second-order valence-corrected chi connectivity index (χ2v) is 7.04. The molecule has 1 fully saturated rings. The number of hydrogen-bond acceptors (Lipinski definition) is 5. The van der Waals surface area contributed by atoms with Crippen LogP contribution in [0.3, 0.4) is 0 Å². The molecule has 2 amide bonds. The summed E-state index contributed by atoms with van der Waals surface area (Å²) in [4.78, 5) is 31.0. The highest BCUT2D eigenvalue weighted by Gasteiger charge is 2.35. The highest BCUT2D eigenvalue weighted by Crippen LogP contribution is 2.29. The smallest absolute Gasteiger partial charge is 0.229 e. The average molecular weight is 394 g/mol. The van der Waals surface area contributed by atoms with Crippen molar-refractivity contribution >= 4 is 23.2 Å². The van der Waals surface area contributed by atoms with Gasteiger partial charge in [0.25, 0.3) is 0 Å². The van der Waals surface area contributed by atoms with Gasteiger partial charge in [0.15, 0.2) is 0 Å². The highest BCUT2D eigenvalue weighted by molar-refractivity contribution is 6.03. The quantitative estimate of drug-likeness (QED) is 0.732. The molecule has 0 radical (unpaired) electrons. The second kappa shape index (κ2) is 7.46. The van der Waals surface area contributed by atoms with Crippen LogP contribution in [0.4, 0.5) is 15.8 Å². The van der Waals surface area contributed by atoms with E-state index in [1.54, 1.807) is 36.9 Å². The number of nitrogens with one attached hydrogen (secondary N) is 1. The largest absolute Gasteiger partial charge is 0.339 e. The highest BCUT2D eigenvalue weighted by atomic mass is 19.1. The van der Waals surface area contributed by atoms with Crippen LogP contribution in [0.1, 0.15) is 17.9 Å². The van der Waals surface area contributed by atoms with Crippen LogP contribution in [0.25, 0.3) is 11.4 Å². The minimum atomic E-state index is -0.497.